The van der Waals surface area contributed by atoms with Crippen molar-refractivity contribution in [1.82, 2.24) is 35.7 Å². The van der Waals surface area contributed by atoms with Crippen LogP contribution in [0.2, 0.25) is 0 Å². The SMILES string of the molecule is CNC(c1cn[nH]c1)c1nnn(C)n1. The maximum Gasteiger partial charge on any atom is 0.196 e. The van der Waals surface area contributed by atoms with Crippen LogP contribution in [-0.4, -0.2) is 37.5 Å². The quantitative estimate of drug-likeness (QED) is 0.669. The largest absolute Gasteiger partial charge is 0.306 e. The van der Waals surface area contributed by atoms with Gasteiger partial charge in [-0.2, -0.15) is 9.90 Å². The van der Waals surface area contributed by atoms with Crippen LogP contribution in [0.3, 0.4) is 0 Å². The topological polar surface area (TPSA) is 84.3 Å². The first-order valence-corrected chi connectivity index (χ1v) is 4.21. The first-order valence-electron chi connectivity index (χ1n) is 4.21. The molecule has 0 aliphatic rings. The number of rotatable bonds is 3. The van der Waals surface area contributed by atoms with E-state index in [0.29, 0.717) is 5.82 Å². The highest BCUT2D eigenvalue weighted by molar-refractivity contribution is 5.17. The molecule has 7 heteroatoms. The highest BCUT2D eigenvalue weighted by Gasteiger charge is 2.17. The average molecular weight is 193 g/mol. The van der Waals surface area contributed by atoms with Gasteiger partial charge in [0.1, 0.15) is 0 Å². The Labute approximate surface area is 80.5 Å². The molecule has 0 amide bonds. The van der Waals surface area contributed by atoms with E-state index in [1.165, 1.54) is 4.80 Å². The zero-order valence-corrected chi connectivity index (χ0v) is 7.97. The second-order valence-corrected chi connectivity index (χ2v) is 2.89. The van der Waals surface area contributed by atoms with Gasteiger partial charge in [0.15, 0.2) is 5.82 Å². The van der Waals surface area contributed by atoms with Crippen molar-refractivity contribution in [2.24, 2.45) is 7.05 Å². The lowest BCUT2D eigenvalue weighted by atomic mass is 10.1. The third kappa shape index (κ3) is 1.49. The number of hydrogen-bond acceptors (Lipinski definition) is 5. The van der Waals surface area contributed by atoms with Crippen LogP contribution in [0.1, 0.15) is 17.4 Å². The first-order chi connectivity index (χ1) is 6.81. The lowest BCUT2D eigenvalue weighted by Gasteiger charge is -2.08. The average Bonchev–Trinajstić information content (AvgIpc) is 2.79. The second-order valence-electron chi connectivity index (χ2n) is 2.89. The molecule has 0 saturated carbocycles. The number of nitrogens with zero attached hydrogens (tertiary/aromatic N) is 5. The van der Waals surface area contributed by atoms with E-state index in [0.717, 1.165) is 5.56 Å². The predicted molar refractivity (Wildman–Crippen MR) is 48.3 cm³/mol. The van der Waals surface area contributed by atoms with E-state index < -0.39 is 0 Å². The number of nitrogens with one attached hydrogen (secondary N) is 2. The van der Waals surface area contributed by atoms with Gasteiger partial charge >= 0.3 is 0 Å². The number of tetrazole rings is 1. The molecule has 2 N–H and O–H groups in total. The van der Waals surface area contributed by atoms with Crippen molar-refractivity contribution in [2.45, 2.75) is 6.04 Å². The normalized spacial score (nSPS) is 13.0. The second kappa shape index (κ2) is 3.54. The van der Waals surface area contributed by atoms with Crippen LogP contribution in [0, 0.1) is 0 Å². The number of aromatic amines is 1. The Morgan fingerprint density at radius 1 is 1.57 bits per heavy atom. The molecule has 7 nitrogen and oxygen atoms in total. The van der Waals surface area contributed by atoms with Crippen LogP contribution < -0.4 is 5.32 Å². The zero-order chi connectivity index (χ0) is 9.97. The summed E-state index contributed by atoms with van der Waals surface area (Å²) in [4.78, 5) is 1.43. The summed E-state index contributed by atoms with van der Waals surface area (Å²) in [5.41, 5.74) is 0.987. The van der Waals surface area contributed by atoms with E-state index in [1.54, 1.807) is 19.4 Å². The molecular formula is C7H11N7. The van der Waals surface area contributed by atoms with E-state index >= 15 is 0 Å². The molecule has 2 heterocycles. The van der Waals surface area contributed by atoms with Gasteiger partial charge < -0.3 is 5.32 Å². The molecule has 1 atom stereocenters. The van der Waals surface area contributed by atoms with Crippen molar-refractivity contribution < 1.29 is 0 Å². The number of H-pyrrole nitrogens is 1. The smallest absolute Gasteiger partial charge is 0.196 e. The number of aromatic nitrogens is 6. The fourth-order valence-corrected chi connectivity index (χ4v) is 1.28. The Balaban J connectivity index is 2.31. The maximum absolute atomic E-state index is 4.13. The summed E-state index contributed by atoms with van der Waals surface area (Å²) < 4.78 is 0. The molecule has 0 aliphatic carbocycles. The van der Waals surface area contributed by atoms with E-state index in [9.17, 15) is 0 Å². The van der Waals surface area contributed by atoms with Crippen LogP contribution in [0.15, 0.2) is 12.4 Å². The van der Waals surface area contributed by atoms with Gasteiger partial charge in [-0.3, -0.25) is 5.10 Å². The van der Waals surface area contributed by atoms with Crippen LogP contribution >= 0.6 is 0 Å². The van der Waals surface area contributed by atoms with Gasteiger partial charge in [0.25, 0.3) is 0 Å². The van der Waals surface area contributed by atoms with Crippen molar-refractivity contribution in [3.8, 4) is 0 Å². The Morgan fingerprint density at radius 3 is 2.93 bits per heavy atom. The zero-order valence-electron chi connectivity index (χ0n) is 7.97. The molecular weight excluding hydrogens is 182 g/mol. The summed E-state index contributed by atoms with van der Waals surface area (Å²) in [5, 5.41) is 21.6. The van der Waals surface area contributed by atoms with E-state index in [1.807, 2.05) is 7.05 Å². The van der Waals surface area contributed by atoms with Gasteiger partial charge in [-0.1, -0.05) is 0 Å². The van der Waals surface area contributed by atoms with Gasteiger partial charge in [-0.25, -0.2) is 0 Å². The number of aryl methyl sites for hydroxylation is 1. The molecule has 0 aromatic carbocycles. The van der Waals surface area contributed by atoms with Crippen molar-refractivity contribution in [1.29, 1.82) is 0 Å². The Morgan fingerprint density at radius 2 is 2.43 bits per heavy atom. The Bertz CT molecular complexity index is 390. The van der Waals surface area contributed by atoms with E-state index in [4.69, 9.17) is 0 Å². The van der Waals surface area contributed by atoms with Gasteiger partial charge in [-0.15, -0.1) is 10.2 Å². The summed E-state index contributed by atoms with van der Waals surface area (Å²) in [6, 6.07) is -0.0672. The fourth-order valence-electron chi connectivity index (χ4n) is 1.28. The minimum Gasteiger partial charge on any atom is -0.306 e. The fraction of sp³-hybridized carbons (Fsp3) is 0.429. The molecule has 0 fully saturated rings. The van der Waals surface area contributed by atoms with Crippen LogP contribution in [-0.2, 0) is 7.05 Å². The third-order valence-corrected chi connectivity index (χ3v) is 1.92. The molecule has 2 rings (SSSR count). The Hall–Kier alpha value is -1.76. The highest BCUT2D eigenvalue weighted by atomic mass is 15.6. The van der Waals surface area contributed by atoms with Crippen LogP contribution in [0.25, 0.3) is 0 Å². The van der Waals surface area contributed by atoms with E-state index in [-0.39, 0.29) is 6.04 Å². The summed E-state index contributed by atoms with van der Waals surface area (Å²) in [7, 11) is 3.58. The van der Waals surface area contributed by atoms with Gasteiger partial charge in [0.2, 0.25) is 0 Å². The lowest BCUT2D eigenvalue weighted by Crippen LogP contribution is -2.18. The summed E-state index contributed by atoms with van der Waals surface area (Å²) in [5.74, 6) is 0.636. The summed E-state index contributed by atoms with van der Waals surface area (Å²) in [6.45, 7) is 0. The molecule has 0 aliphatic heterocycles. The predicted octanol–water partition coefficient (Wildman–Crippen LogP) is -0.758. The standard InChI is InChI=1S/C7H11N7/c1-8-6(5-3-9-10-4-5)7-11-13-14(2)12-7/h3-4,6,8H,1-2H3,(H,9,10). The van der Waals surface area contributed by atoms with Crippen LogP contribution in [0.4, 0.5) is 0 Å². The molecule has 0 spiro atoms. The minimum atomic E-state index is -0.0672. The van der Waals surface area contributed by atoms with Gasteiger partial charge in [0.05, 0.1) is 19.3 Å². The summed E-state index contributed by atoms with van der Waals surface area (Å²) >= 11 is 0. The lowest BCUT2D eigenvalue weighted by molar-refractivity contribution is 0.612. The minimum absolute atomic E-state index is 0.0672. The van der Waals surface area contributed by atoms with Crippen molar-refractivity contribution in [2.75, 3.05) is 7.05 Å². The van der Waals surface area contributed by atoms with E-state index in [2.05, 4.69) is 30.9 Å². The van der Waals surface area contributed by atoms with Crippen molar-refractivity contribution in [3.05, 3.63) is 23.8 Å². The van der Waals surface area contributed by atoms with Gasteiger partial charge in [-0.05, 0) is 12.3 Å². The monoisotopic (exact) mass is 193 g/mol. The molecule has 2 aromatic rings. The maximum atomic E-state index is 4.13. The van der Waals surface area contributed by atoms with Gasteiger partial charge in [0, 0.05) is 11.8 Å². The van der Waals surface area contributed by atoms with Crippen LogP contribution in [0.5, 0.6) is 0 Å². The van der Waals surface area contributed by atoms with Crippen molar-refractivity contribution >= 4 is 0 Å². The summed E-state index contributed by atoms with van der Waals surface area (Å²) in [6.07, 6.45) is 3.54. The molecule has 14 heavy (non-hydrogen) atoms. The molecule has 74 valence electrons. The molecule has 0 bridgehead atoms. The Kier molecular flexibility index (Phi) is 2.23. The molecule has 0 radical (unpaired) electrons. The molecule has 2 aromatic heterocycles. The highest BCUT2D eigenvalue weighted by Crippen LogP contribution is 2.15. The number of hydrogen-bond donors (Lipinski definition) is 2. The molecule has 1 unspecified atom stereocenters. The first kappa shape index (κ1) is 8.82. The molecule has 0 saturated heterocycles. The third-order valence-electron chi connectivity index (χ3n) is 1.92. The van der Waals surface area contributed by atoms with Crippen molar-refractivity contribution in [3.63, 3.8) is 0 Å².